The molecule has 17 heavy (non-hydrogen) atoms. The molecule has 1 atom stereocenters. The van der Waals surface area contributed by atoms with Gasteiger partial charge < -0.3 is 9.64 Å². The number of nitrogens with zero attached hydrogens (tertiary/aromatic N) is 2. The monoisotopic (exact) mass is 234 g/mol. The third kappa shape index (κ3) is 2.40. The fourth-order valence-electron chi connectivity index (χ4n) is 2.38. The number of carbonyl (C=O) groups excluding carboxylic acids is 1. The van der Waals surface area contributed by atoms with Gasteiger partial charge in [-0.3, -0.25) is 4.79 Å². The summed E-state index contributed by atoms with van der Waals surface area (Å²) in [5.74, 6) is 0.784. The molecular formula is C13H18N2O2. The Morgan fingerprint density at radius 2 is 2.47 bits per heavy atom. The van der Waals surface area contributed by atoms with Crippen molar-refractivity contribution in [2.24, 2.45) is 0 Å². The van der Waals surface area contributed by atoms with Crippen molar-refractivity contribution in [1.82, 2.24) is 9.88 Å². The van der Waals surface area contributed by atoms with Crippen LogP contribution in [0.5, 0.6) is 5.88 Å². The van der Waals surface area contributed by atoms with Crippen molar-refractivity contribution in [1.29, 1.82) is 0 Å². The summed E-state index contributed by atoms with van der Waals surface area (Å²) in [6.45, 7) is 4.99. The van der Waals surface area contributed by atoms with Gasteiger partial charge in [0.2, 0.25) is 11.8 Å². The molecule has 1 aliphatic heterocycles. The number of hydrogen-bond donors (Lipinski definition) is 0. The van der Waals surface area contributed by atoms with Crippen LogP contribution in [0.3, 0.4) is 0 Å². The molecule has 2 heterocycles. The van der Waals surface area contributed by atoms with Crippen LogP contribution in [-0.4, -0.2) is 28.9 Å². The van der Waals surface area contributed by atoms with E-state index in [9.17, 15) is 4.79 Å². The first kappa shape index (κ1) is 11.9. The second-order valence-corrected chi connectivity index (χ2v) is 4.20. The standard InChI is InChI=1S/C13H18N2O2/c1-3-17-13-11(6-4-8-14-13)12-7-5-9-15(12)10(2)16/h4,6,8,12H,3,5,7,9H2,1-2H3/t12-/m1/s1. The minimum atomic E-state index is 0.124. The highest BCUT2D eigenvalue weighted by Crippen LogP contribution is 2.35. The van der Waals surface area contributed by atoms with Crippen molar-refractivity contribution in [3.05, 3.63) is 23.9 Å². The minimum Gasteiger partial charge on any atom is -0.478 e. The van der Waals surface area contributed by atoms with E-state index in [2.05, 4.69) is 4.98 Å². The lowest BCUT2D eigenvalue weighted by molar-refractivity contribution is -0.129. The number of likely N-dealkylation sites (tertiary alicyclic amines) is 1. The van der Waals surface area contributed by atoms with Crippen molar-refractivity contribution in [3.8, 4) is 5.88 Å². The third-order valence-electron chi connectivity index (χ3n) is 3.10. The summed E-state index contributed by atoms with van der Waals surface area (Å²) in [4.78, 5) is 17.7. The van der Waals surface area contributed by atoms with E-state index in [1.165, 1.54) is 0 Å². The van der Waals surface area contributed by atoms with Crippen LogP contribution >= 0.6 is 0 Å². The molecule has 0 saturated carbocycles. The van der Waals surface area contributed by atoms with Crippen LogP contribution in [0.1, 0.15) is 38.3 Å². The van der Waals surface area contributed by atoms with Gasteiger partial charge in [-0.25, -0.2) is 4.98 Å². The zero-order valence-corrected chi connectivity index (χ0v) is 10.3. The highest BCUT2D eigenvalue weighted by atomic mass is 16.5. The predicted molar refractivity (Wildman–Crippen MR) is 64.8 cm³/mol. The van der Waals surface area contributed by atoms with E-state index in [1.54, 1.807) is 13.1 Å². The normalized spacial score (nSPS) is 19.4. The SMILES string of the molecule is CCOc1ncccc1[C@H]1CCCN1C(C)=O. The number of pyridine rings is 1. The second-order valence-electron chi connectivity index (χ2n) is 4.20. The molecule has 1 fully saturated rings. The molecule has 2 rings (SSSR count). The minimum absolute atomic E-state index is 0.124. The maximum absolute atomic E-state index is 11.6. The average Bonchev–Trinajstić information content (AvgIpc) is 2.79. The van der Waals surface area contributed by atoms with Crippen molar-refractivity contribution in [2.75, 3.05) is 13.2 Å². The van der Waals surface area contributed by atoms with Gasteiger partial charge in [0.15, 0.2) is 0 Å². The lowest BCUT2D eigenvalue weighted by atomic mass is 10.1. The van der Waals surface area contributed by atoms with Gasteiger partial charge in [-0.05, 0) is 25.8 Å². The Morgan fingerprint density at radius 3 is 3.18 bits per heavy atom. The van der Waals surface area contributed by atoms with Gasteiger partial charge in [0.1, 0.15) is 0 Å². The molecule has 1 aromatic heterocycles. The van der Waals surface area contributed by atoms with Crippen LogP contribution in [-0.2, 0) is 4.79 Å². The van der Waals surface area contributed by atoms with E-state index in [0.29, 0.717) is 12.5 Å². The molecule has 0 unspecified atom stereocenters. The zero-order valence-electron chi connectivity index (χ0n) is 10.3. The van der Waals surface area contributed by atoms with Crippen LogP contribution in [0.2, 0.25) is 0 Å². The van der Waals surface area contributed by atoms with E-state index in [-0.39, 0.29) is 11.9 Å². The highest BCUT2D eigenvalue weighted by Gasteiger charge is 2.30. The predicted octanol–water partition coefficient (Wildman–Crippen LogP) is 2.16. The lowest BCUT2D eigenvalue weighted by Gasteiger charge is -2.24. The van der Waals surface area contributed by atoms with E-state index in [4.69, 9.17) is 4.74 Å². The fourth-order valence-corrected chi connectivity index (χ4v) is 2.38. The topological polar surface area (TPSA) is 42.4 Å². The molecule has 0 spiro atoms. The van der Waals surface area contributed by atoms with Crippen molar-refractivity contribution < 1.29 is 9.53 Å². The number of hydrogen-bond acceptors (Lipinski definition) is 3. The van der Waals surface area contributed by atoms with Gasteiger partial charge in [-0.15, -0.1) is 0 Å². The quantitative estimate of drug-likeness (QED) is 0.805. The van der Waals surface area contributed by atoms with E-state index in [0.717, 1.165) is 24.9 Å². The summed E-state index contributed by atoms with van der Waals surface area (Å²) in [5, 5.41) is 0. The van der Waals surface area contributed by atoms with E-state index < -0.39 is 0 Å². The summed E-state index contributed by atoms with van der Waals surface area (Å²) in [5.41, 5.74) is 1.03. The Bertz CT molecular complexity index is 406. The summed E-state index contributed by atoms with van der Waals surface area (Å²) >= 11 is 0. The first-order chi connectivity index (χ1) is 8.24. The molecule has 0 radical (unpaired) electrons. The van der Waals surface area contributed by atoms with Crippen LogP contribution in [0.25, 0.3) is 0 Å². The van der Waals surface area contributed by atoms with Crippen molar-refractivity contribution in [2.45, 2.75) is 32.7 Å². The first-order valence-corrected chi connectivity index (χ1v) is 6.09. The van der Waals surface area contributed by atoms with Crippen LogP contribution in [0.4, 0.5) is 0 Å². The lowest BCUT2D eigenvalue weighted by Crippen LogP contribution is -2.28. The second kappa shape index (κ2) is 5.17. The number of amides is 1. The molecule has 4 heteroatoms. The van der Waals surface area contributed by atoms with Crippen molar-refractivity contribution >= 4 is 5.91 Å². The maximum atomic E-state index is 11.6. The van der Waals surface area contributed by atoms with Gasteiger partial charge in [0.05, 0.1) is 12.6 Å². The molecule has 1 aromatic rings. The summed E-state index contributed by atoms with van der Waals surface area (Å²) in [6.07, 6.45) is 3.76. The van der Waals surface area contributed by atoms with Gasteiger partial charge >= 0.3 is 0 Å². The highest BCUT2D eigenvalue weighted by molar-refractivity contribution is 5.74. The van der Waals surface area contributed by atoms with Gasteiger partial charge in [-0.2, -0.15) is 0 Å². The maximum Gasteiger partial charge on any atom is 0.219 e. The summed E-state index contributed by atoms with van der Waals surface area (Å²) in [7, 11) is 0. The van der Waals surface area contributed by atoms with E-state index >= 15 is 0 Å². The summed E-state index contributed by atoms with van der Waals surface area (Å²) < 4.78 is 5.53. The Balaban J connectivity index is 2.29. The van der Waals surface area contributed by atoms with E-state index in [1.807, 2.05) is 24.0 Å². The van der Waals surface area contributed by atoms with Crippen LogP contribution in [0, 0.1) is 0 Å². The molecule has 92 valence electrons. The molecule has 1 saturated heterocycles. The smallest absolute Gasteiger partial charge is 0.219 e. The summed E-state index contributed by atoms with van der Waals surface area (Å²) in [6, 6.07) is 4.03. The Morgan fingerprint density at radius 1 is 1.65 bits per heavy atom. The fraction of sp³-hybridized carbons (Fsp3) is 0.538. The Labute approximate surface area is 102 Å². The molecule has 1 aliphatic rings. The molecule has 4 nitrogen and oxygen atoms in total. The van der Waals surface area contributed by atoms with Crippen LogP contribution < -0.4 is 4.74 Å². The van der Waals surface area contributed by atoms with Gasteiger partial charge in [0, 0.05) is 25.2 Å². The Hall–Kier alpha value is -1.58. The zero-order chi connectivity index (χ0) is 12.3. The number of rotatable bonds is 3. The number of carbonyl (C=O) groups is 1. The van der Waals surface area contributed by atoms with Crippen LogP contribution in [0.15, 0.2) is 18.3 Å². The third-order valence-corrected chi connectivity index (χ3v) is 3.10. The first-order valence-electron chi connectivity index (χ1n) is 6.09. The number of aromatic nitrogens is 1. The molecule has 0 N–H and O–H groups in total. The Kier molecular flexibility index (Phi) is 3.61. The van der Waals surface area contributed by atoms with Gasteiger partial charge in [-0.1, -0.05) is 6.07 Å². The van der Waals surface area contributed by atoms with Gasteiger partial charge in [0.25, 0.3) is 0 Å². The largest absolute Gasteiger partial charge is 0.478 e. The molecule has 0 aromatic carbocycles. The molecule has 0 aliphatic carbocycles. The van der Waals surface area contributed by atoms with Crippen molar-refractivity contribution in [3.63, 3.8) is 0 Å². The molecule has 1 amide bonds. The molecular weight excluding hydrogens is 216 g/mol. The average molecular weight is 234 g/mol. The molecule has 0 bridgehead atoms. The number of ether oxygens (including phenoxy) is 1.